The first-order chi connectivity index (χ1) is 5.65. The Kier molecular flexibility index (Phi) is 2.88. The van der Waals surface area contributed by atoms with E-state index >= 15 is 0 Å². The van der Waals surface area contributed by atoms with Gasteiger partial charge in [-0.1, -0.05) is 17.7 Å². The second kappa shape index (κ2) is 3.72. The first-order valence-corrected chi connectivity index (χ1v) is 4.51. The van der Waals surface area contributed by atoms with Crippen LogP contribution in [0, 0.1) is 20.8 Å². The third-order valence-electron chi connectivity index (χ3n) is 2.27. The third-order valence-corrected chi connectivity index (χ3v) is 2.27. The van der Waals surface area contributed by atoms with Gasteiger partial charge in [-0.2, -0.15) is 0 Å². The van der Waals surface area contributed by atoms with E-state index in [2.05, 4.69) is 38.6 Å². The fourth-order valence-corrected chi connectivity index (χ4v) is 1.78. The van der Waals surface area contributed by atoms with Crippen molar-refractivity contribution in [1.82, 2.24) is 0 Å². The van der Waals surface area contributed by atoms with Gasteiger partial charge in [0.2, 0.25) is 0 Å². The van der Waals surface area contributed by atoms with Crippen LogP contribution in [0.2, 0.25) is 0 Å². The van der Waals surface area contributed by atoms with Crippen LogP contribution in [0.15, 0.2) is 12.1 Å². The highest BCUT2D eigenvalue weighted by Gasteiger charge is 2.02. The standard InChI is InChI=1S/C11H17N/c1-8-6-9(2)11(4-5-12)10(3)7-8/h6-7H,4-5,12H2,1-3H3/p+1. The molecule has 0 aromatic heterocycles. The van der Waals surface area contributed by atoms with Crippen molar-refractivity contribution in [2.75, 3.05) is 6.54 Å². The van der Waals surface area contributed by atoms with Gasteiger partial charge in [-0.15, -0.1) is 0 Å². The van der Waals surface area contributed by atoms with Crippen molar-refractivity contribution in [2.45, 2.75) is 27.2 Å². The van der Waals surface area contributed by atoms with Gasteiger partial charge in [0.05, 0.1) is 6.54 Å². The number of rotatable bonds is 2. The summed E-state index contributed by atoms with van der Waals surface area (Å²) >= 11 is 0. The lowest BCUT2D eigenvalue weighted by Crippen LogP contribution is -2.51. The zero-order valence-corrected chi connectivity index (χ0v) is 8.28. The van der Waals surface area contributed by atoms with E-state index in [0.717, 1.165) is 13.0 Å². The molecule has 1 aromatic carbocycles. The molecule has 0 radical (unpaired) electrons. The van der Waals surface area contributed by atoms with Gasteiger partial charge in [0, 0.05) is 6.42 Å². The summed E-state index contributed by atoms with van der Waals surface area (Å²) in [6, 6.07) is 4.50. The molecule has 1 rings (SSSR count). The quantitative estimate of drug-likeness (QED) is 0.684. The largest absolute Gasteiger partial charge is 0.357 e. The maximum atomic E-state index is 3.89. The van der Waals surface area contributed by atoms with Crippen LogP contribution in [0.4, 0.5) is 0 Å². The van der Waals surface area contributed by atoms with Crippen LogP contribution in [0.3, 0.4) is 0 Å². The van der Waals surface area contributed by atoms with Gasteiger partial charge in [-0.05, 0) is 37.5 Å². The number of benzene rings is 1. The molecule has 1 aromatic rings. The molecule has 0 unspecified atom stereocenters. The number of quaternary nitrogens is 1. The molecule has 1 nitrogen and oxygen atoms in total. The molecule has 0 atom stereocenters. The Balaban J connectivity index is 3.10. The van der Waals surface area contributed by atoms with Crippen LogP contribution in [0.5, 0.6) is 0 Å². The normalized spacial score (nSPS) is 10.3. The van der Waals surface area contributed by atoms with Crippen molar-refractivity contribution in [3.63, 3.8) is 0 Å². The van der Waals surface area contributed by atoms with Gasteiger partial charge < -0.3 is 5.73 Å². The minimum atomic E-state index is 0.991. The van der Waals surface area contributed by atoms with Crippen molar-refractivity contribution < 1.29 is 5.73 Å². The lowest BCUT2D eigenvalue weighted by Gasteiger charge is -2.08. The summed E-state index contributed by atoms with van der Waals surface area (Å²) in [5.74, 6) is 0. The molecule has 0 heterocycles. The summed E-state index contributed by atoms with van der Waals surface area (Å²) in [7, 11) is 0. The molecular formula is C11H18N+. The zero-order chi connectivity index (χ0) is 9.14. The smallest absolute Gasteiger partial charge is 0.0781 e. The zero-order valence-electron chi connectivity index (χ0n) is 8.28. The van der Waals surface area contributed by atoms with Crippen molar-refractivity contribution in [2.24, 2.45) is 0 Å². The molecule has 0 aliphatic heterocycles. The van der Waals surface area contributed by atoms with E-state index in [0.29, 0.717) is 0 Å². The molecule has 0 aliphatic carbocycles. The Morgan fingerprint density at radius 1 is 1.08 bits per heavy atom. The van der Waals surface area contributed by atoms with Crippen LogP contribution in [0.1, 0.15) is 22.3 Å². The van der Waals surface area contributed by atoms with Gasteiger partial charge in [0.15, 0.2) is 0 Å². The van der Waals surface area contributed by atoms with E-state index in [1.54, 1.807) is 0 Å². The Hall–Kier alpha value is -0.820. The maximum absolute atomic E-state index is 3.89. The Labute approximate surface area is 74.6 Å². The Morgan fingerprint density at radius 3 is 2.00 bits per heavy atom. The SMILES string of the molecule is Cc1cc(C)c(CC[NH3+])c(C)c1. The van der Waals surface area contributed by atoms with E-state index < -0.39 is 0 Å². The van der Waals surface area contributed by atoms with Crippen molar-refractivity contribution in [3.05, 3.63) is 34.4 Å². The van der Waals surface area contributed by atoms with E-state index in [-0.39, 0.29) is 0 Å². The van der Waals surface area contributed by atoms with Crippen molar-refractivity contribution >= 4 is 0 Å². The molecule has 0 aliphatic rings. The first-order valence-electron chi connectivity index (χ1n) is 4.51. The monoisotopic (exact) mass is 164 g/mol. The Morgan fingerprint density at radius 2 is 1.58 bits per heavy atom. The molecular weight excluding hydrogens is 146 g/mol. The van der Waals surface area contributed by atoms with Crippen LogP contribution >= 0.6 is 0 Å². The topological polar surface area (TPSA) is 27.6 Å². The van der Waals surface area contributed by atoms with Gasteiger partial charge in [-0.3, -0.25) is 0 Å². The van der Waals surface area contributed by atoms with Crippen LogP contribution < -0.4 is 5.73 Å². The molecule has 0 saturated carbocycles. The van der Waals surface area contributed by atoms with E-state index in [4.69, 9.17) is 0 Å². The first kappa shape index (κ1) is 9.27. The van der Waals surface area contributed by atoms with E-state index in [1.807, 2.05) is 0 Å². The molecule has 1 heteroatoms. The fourth-order valence-electron chi connectivity index (χ4n) is 1.78. The highest BCUT2D eigenvalue weighted by molar-refractivity contribution is 5.37. The summed E-state index contributed by atoms with van der Waals surface area (Å²) in [5.41, 5.74) is 9.55. The highest BCUT2D eigenvalue weighted by Crippen LogP contribution is 2.15. The van der Waals surface area contributed by atoms with Gasteiger partial charge in [0.1, 0.15) is 0 Å². The molecule has 0 bridgehead atoms. The predicted molar refractivity (Wildman–Crippen MR) is 52.1 cm³/mol. The minimum absolute atomic E-state index is 0.991. The summed E-state index contributed by atoms with van der Waals surface area (Å²) < 4.78 is 0. The number of hydrogen-bond acceptors (Lipinski definition) is 0. The lowest BCUT2D eigenvalue weighted by atomic mass is 9.97. The lowest BCUT2D eigenvalue weighted by molar-refractivity contribution is -0.366. The summed E-state index contributed by atoms with van der Waals surface area (Å²) in [6.45, 7) is 7.51. The van der Waals surface area contributed by atoms with Crippen molar-refractivity contribution in [3.8, 4) is 0 Å². The van der Waals surface area contributed by atoms with Crippen LogP contribution in [0.25, 0.3) is 0 Å². The van der Waals surface area contributed by atoms with E-state index in [9.17, 15) is 0 Å². The molecule has 0 amide bonds. The van der Waals surface area contributed by atoms with Crippen LogP contribution in [-0.2, 0) is 6.42 Å². The maximum Gasteiger partial charge on any atom is 0.0781 e. The third kappa shape index (κ3) is 1.86. The van der Waals surface area contributed by atoms with Crippen molar-refractivity contribution in [1.29, 1.82) is 0 Å². The Bertz CT molecular complexity index is 253. The second-order valence-corrected chi connectivity index (χ2v) is 3.48. The summed E-state index contributed by atoms with van der Waals surface area (Å²) in [5, 5.41) is 0. The predicted octanol–water partition coefficient (Wildman–Crippen LogP) is 1.40. The van der Waals surface area contributed by atoms with Gasteiger partial charge in [-0.25, -0.2) is 0 Å². The van der Waals surface area contributed by atoms with Gasteiger partial charge in [0.25, 0.3) is 0 Å². The second-order valence-electron chi connectivity index (χ2n) is 3.48. The molecule has 66 valence electrons. The number of hydrogen-bond donors (Lipinski definition) is 1. The average molecular weight is 164 g/mol. The van der Waals surface area contributed by atoms with E-state index in [1.165, 1.54) is 22.3 Å². The molecule has 12 heavy (non-hydrogen) atoms. The highest BCUT2D eigenvalue weighted by atomic mass is 14.5. The van der Waals surface area contributed by atoms with Crippen LogP contribution in [-0.4, -0.2) is 6.54 Å². The number of aryl methyl sites for hydroxylation is 3. The average Bonchev–Trinajstić information content (AvgIpc) is 1.96. The molecule has 0 saturated heterocycles. The minimum Gasteiger partial charge on any atom is -0.357 e. The fraction of sp³-hybridized carbons (Fsp3) is 0.455. The molecule has 0 spiro atoms. The summed E-state index contributed by atoms with van der Waals surface area (Å²) in [4.78, 5) is 0. The molecule has 0 fully saturated rings. The molecule has 3 N–H and O–H groups in total. The summed E-state index contributed by atoms with van der Waals surface area (Å²) in [6.07, 6.45) is 1.11. The van der Waals surface area contributed by atoms with Gasteiger partial charge >= 0.3 is 0 Å².